The highest BCUT2D eigenvalue weighted by atomic mass is 16.7. The quantitative estimate of drug-likeness (QED) is 0.477. The smallest absolute Gasteiger partial charge is 0.338 e. The van der Waals surface area contributed by atoms with E-state index in [-0.39, 0.29) is 12.0 Å². The number of carbonyl (C=O) groups excluding carboxylic acids is 2. The average Bonchev–Trinajstić information content (AvgIpc) is 3.19. The molecule has 6 heteroatoms. The molecule has 2 heterocycles. The summed E-state index contributed by atoms with van der Waals surface area (Å²) < 4.78 is 21.5. The van der Waals surface area contributed by atoms with Gasteiger partial charge >= 0.3 is 11.9 Å². The summed E-state index contributed by atoms with van der Waals surface area (Å²) in [6.45, 7) is 3.65. The molecule has 25 heavy (non-hydrogen) atoms. The van der Waals surface area contributed by atoms with Gasteiger partial charge < -0.3 is 18.9 Å². The zero-order valence-electron chi connectivity index (χ0n) is 14.2. The highest BCUT2D eigenvalue weighted by Gasteiger charge is 2.48. The molecular formula is C19H18O6. The molecule has 3 atom stereocenters. The fraction of sp³-hybridized carbons (Fsp3) is 0.368. The van der Waals surface area contributed by atoms with Crippen molar-refractivity contribution in [3.05, 3.63) is 52.3 Å². The second-order valence-corrected chi connectivity index (χ2v) is 6.45. The van der Waals surface area contributed by atoms with Crippen LogP contribution in [-0.4, -0.2) is 25.3 Å². The Morgan fingerprint density at radius 2 is 1.96 bits per heavy atom. The first kappa shape index (κ1) is 15.7. The Morgan fingerprint density at radius 1 is 1.16 bits per heavy atom. The molecule has 1 saturated heterocycles. The van der Waals surface area contributed by atoms with Gasteiger partial charge in [-0.05, 0) is 31.9 Å². The highest BCUT2D eigenvalue weighted by molar-refractivity contribution is 5.92. The minimum atomic E-state index is -0.799. The molecule has 4 rings (SSSR count). The summed E-state index contributed by atoms with van der Waals surface area (Å²) >= 11 is 0. The van der Waals surface area contributed by atoms with Gasteiger partial charge in [-0.25, -0.2) is 9.59 Å². The van der Waals surface area contributed by atoms with E-state index in [0.717, 1.165) is 22.4 Å². The Bertz CT molecular complexity index is 835. The molecule has 2 aliphatic heterocycles. The van der Waals surface area contributed by atoms with Gasteiger partial charge in [-0.1, -0.05) is 6.07 Å². The number of benzene rings is 1. The maximum Gasteiger partial charge on any atom is 0.338 e. The zero-order valence-corrected chi connectivity index (χ0v) is 14.2. The first-order chi connectivity index (χ1) is 12.0. The van der Waals surface area contributed by atoms with Crippen LogP contribution in [-0.2, 0) is 30.2 Å². The van der Waals surface area contributed by atoms with Crippen molar-refractivity contribution in [2.75, 3.05) is 7.11 Å². The molecule has 3 aliphatic rings. The summed E-state index contributed by atoms with van der Waals surface area (Å²) in [5, 5.41) is 0. The van der Waals surface area contributed by atoms with Gasteiger partial charge in [-0.15, -0.1) is 0 Å². The lowest BCUT2D eigenvalue weighted by Gasteiger charge is -2.13. The van der Waals surface area contributed by atoms with Crippen molar-refractivity contribution >= 4 is 11.9 Å². The van der Waals surface area contributed by atoms with Crippen LogP contribution >= 0.6 is 0 Å². The Hall–Kier alpha value is -2.76. The molecule has 0 unspecified atom stereocenters. The lowest BCUT2D eigenvalue weighted by atomic mass is 9.97. The van der Waals surface area contributed by atoms with Gasteiger partial charge in [-0.2, -0.15) is 0 Å². The molecule has 0 saturated carbocycles. The first-order valence-corrected chi connectivity index (χ1v) is 8.12. The molecule has 0 spiro atoms. The van der Waals surface area contributed by atoms with Crippen LogP contribution in [0.1, 0.15) is 29.7 Å². The molecule has 1 aromatic rings. The van der Waals surface area contributed by atoms with Crippen LogP contribution < -0.4 is 4.74 Å². The lowest BCUT2D eigenvalue weighted by Crippen LogP contribution is -2.12. The van der Waals surface area contributed by atoms with Gasteiger partial charge in [0.05, 0.1) is 18.9 Å². The van der Waals surface area contributed by atoms with Crippen molar-refractivity contribution in [1.82, 2.24) is 0 Å². The minimum Gasteiger partial charge on any atom is -0.496 e. The summed E-state index contributed by atoms with van der Waals surface area (Å²) in [5.74, 6) is -0.133. The third-order valence-electron chi connectivity index (χ3n) is 4.96. The van der Waals surface area contributed by atoms with Crippen molar-refractivity contribution in [1.29, 1.82) is 0 Å². The largest absolute Gasteiger partial charge is 0.496 e. The van der Waals surface area contributed by atoms with Gasteiger partial charge in [0.2, 0.25) is 0 Å². The van der Waals surface area contributed by atoms with E-state index in [0.29, 0.717) is 17.6 Å². The predicted molar refractivity (Wildman–Crippen MR) is 86.6 cm³/mol. The fourth-order valence-electron chi connectivity index (χ4n) is 3.68. The van der Waals surface area contributed by atoms with Gasteiger partial charge in [0, 0.05) is 28.7 Å². The second kappa shape index (κ2) is 5.65. The molecular weight excluding hydrogens is 324 g/mol. The molecule has 0 aromatic heterocycles. The van der Waals surface area contributed by atoms with Crippen molar-refractivity contribution in [3.8, 4) is 5.75 Å². The maximum atomic E-state index is 12.3. The molecule has 130 valence electrons. The number of ether oxygens (including phenoxy) is 4. The zero-order chi connectivity index (χ0) is 17.7. The number of hydrogen-bond acceptors (Lipinski definition) is 6. The lowest BCUT2D eigenvalue weighted by molar-refractivity contribution is -0.152. The van der Waals surface area contributed by atoms with Gasteiger partial charge in [0.25, 0.3) is 6.29 Å². The van der Waals surface area contributed by atoms with Crippen LogP contribution in [0.25, 0.3) is 0 Å². The van der Waals surface area contributed by atoms with Gasteiger partial charge in [0.15, 0.2) is 0 Å². The van der Waals surface area contributed by atoms with E-state index in [9.17, 15) is 9.59 Å². The Morgan fingerprint density at radius 3 is 2.64 bits per heavy atom. The van der Waals surface area contributed by atoms with E-state index in [2.05, 4.69) is 0 Å². The fourth-order valence-corrected chi connectivity index (χ4v) is 3.68. The molecule has 6 nitrogen and oxygen atoms in total. The van der Waals surface area contributed by atoms with Gasteiger partial charge in [0.1, 0.15) is 11.9 Å². The van der Waals surface area contributed by atoms with Crippen LogP contribution in [0, 0.1) is 12.8 Å². The number of rotatable bonds is 3. The molecule has 0 amide bonds. The van der Waals surface area contributed by atoms with E-state index < -0.39 is 18.2 Å². The molecule has 1 aromatic carbocycles. The van der Waals surface area contributed by atoms with Crippen LogP contribution in [0.4, 0.5) is 0 Å². The number of fused-ring (bicyclic) bond motifs is 3. The summed E-state index contributed by atoms with van der Waals surface area (Å²) in [6.07, 6.45) is 2.47. The van der Waals surface area contributed by atoms with Crippen LogP contribution in [0.5, 0.6) is 5.75 Å². The molecule has 0 N–H and O–H groups in total. The van der Waals surface area contributed by atoms with Crippen LogP contribution in [0.3, 0.4) is 0 Å². The number of cyclic esters (lactones) is 1. The third kappa shape index (κ3) is 2.40. The van der Waals surface area contributed by atoms with E-state index in [1.54, 1.807) is 20.1 Å². The van der Waals surface area contributed by atoms with E-state index in [1.165, 1.54) is 6.26 Å². The Labute approximate surface area is 145 Å². The summed E-state index contributed by atoms with van der Waals surface area (Å²) in [6, 6.07) is 3.90. The van der Waals surface area contributed by atoms with E-state index >= 15 is 0 Å². The predicted octanol–water partition coefficient (Wildman–Crippen LogP) is 2.50. The maximum absolute atomic E-state index is 12.3. The highest BCUT2D eigenvalue weighted by Crippen LogP contribution is 2.51. The van der Waals surface area contributed by atoms with Crippen molar-refractivity contribution in [3.63, 3.8) is 0 Å². The number of carbonyl (C=O) groups is 2. The van der Waals surface area contributed by atoms with Crippen molar-refractivity contribution in [2.45, 2.75) is 32.7 Å². The third-order valence-corrected chi connectivity index (χ3v) is 4.96. The number of aryl methyl sites for hydroxylation is 1. The number of methoxy groups -OCH3 is 1. The molecule has 1 fully saturated rings. The molecule has 0 radical (unpaired) electrons. The Balaban J connectivity index is 1.61. The Kier molecular flexibility index (Phi) is 3.56. The normalized spacial score (nSPS) is 28.4. The average molecular weight is 342 g/mol. The van der Waals surface area contributed by atoms with Crippen LogP contribution in [0.2, 0.25) is 0 Å². The topological polar surface area (TPSA) is 71.1 Å². The number of hydrogen-bond donors (Lipinski definition) is 0. The molecule has 1 aliphatic carbocycles. The monoisotopic (exact) mass is 342 g/mol. The summed E-state index contributed by atoms with van der Waals surface area (Å²) in [5.41, 5.74) is 4.10. The van der Waals surface area contributed by atoms with E-state index in [4.69, 9.17) is 18.9 Å². The standard InChI is InChI=1S/C19H18O6/c1-9-4-5-14(22-3)12-7-11-13(19(21)25-17(11)16(9)12)8-23-15-6-10(2)18(20)24-15/h4-6,8,11,15,17H,7H2,1-3H3/t11-,15-,17+/m1/s1. The first-order valence-electron chi connectivity index (χ1n) is 8.12. The summed E-state index contributed by atoms with van der Waals surface area (Å²) in [4.78, 5) is 23.7. The van der Waals surface area contributed by atoms with Crippen LogP contribution in [0.15, 0.2) is 35.6 Å². The van der Waals surface area contributed by atoms with Gasteiger partial charge in [-0.3, -0.25) is 0 Å². The number of esters is 2. The summed E-state index contributed by atoms with van der Waals surface area (Å²) in [7, 11) is 1.63. The van der Waals surface area contributed by atoms with Crippen molar-refractivity contribution in [2.24, 2.45) is 5.92 Å². The minimum absolute atomic E-state index is 0.125. The van der Waals surface area contributed by atoms with Crippen molar-refractivity contribution < 1.29 is 28.5 Å². The van der Waals surface area contributed by atoms with E-state index in [1.807, 2.05) is 19.1 Å². The SMILES string of the molecule is COc1ccc(C)c2c1C[C@@H]1C(=CO[C@H]3C=C(C)C(=O)O3)C(=O)O[C@H]21. The molecule has 0 bridgehead atoms. The second-order valence-electron chi connectivity index (χ2n) is 6.45.